The van der Waals surface area contributed by atoms with Crippen molar-refractivity contribution >= 4 is 0 Å². The first-order valence-corrected chi connectivity index (χ1v) is 9.85. The van der Waals surface area contributed by atoms with E-state index < -0.39 is 0 Å². The van der Waals surface area contributed by atoms with Crippen molar-refractivity contribution in [3.63, 3.8) is 0 Å². The van der Waals surface area contributed by atoms with Crippen molar-refractivity contribution in [2.24, 2.45) is 0 Å². The summed E-state index contributed by atoms with van der Waals surface area (Å²) in [5.41, 5.74) is 5.17. The molecule has 146 valence electrons. The average molecular weight is 377 g/mol. The van der Waals surface area contributed by atoms with Gasteiger partial charge in [-0.25, -0.2) is 0 Å². The minimum Gasteiger partial charge on any atom is -0.497 e. The fourth-order valence-corrected chi connectivity index (χ4v) is 4.22. The molecule has 0 aliphatic carbocycles. The molecule has 1 aliphatic heterocycles. The molecule has 0 saturated heterocycles. The Bertz CT molecular complexity index is 925. The number of ether oxygens (including phenoxy) is 2. The molecule has 1 unspecified atom stereocenters. The normalized spacial score (nSPS) is 17.0. The maximum atomic E-state index is 5.55. The molecule has 0 saturated carbocycles. The smallest absolute Gasteiger partial charge is 0.122 e. The summed E-state index contributed by atoms with van der Waals surface area (Å²) in [6.07, 6.45) is 3.32. The summed E-state index contributed by atoms with van der Waals surface area (Å²) in [6.45, 7) is 5.16. The van der Waals surface area contributed by atoms with Gasteiger partial charge in [0, 0.05) is 37.6 Å². The van der Waals surface area contributed by atoms with Crippen molar-refractivity contribution in [1.82, 2.24) is 9.47 Å². The van der Waals surface area contributed by atoms with Gasteiger partial charge < -0.3 is 14.0 Å². The van der Waals surface area contributed by atoms with Crippen LogP contribution in [0.4, 0.5) is 0 Å². The van der Waals surface area contributed by atoms with Crippen molar-refractivity contribution in [2.45, 2.75) is 32.5 Å². The Kier molecular flexibility index (Phi) is 5.40. The number of rotatable bonds is 5. The van der Waals surface area contributed by atoms with Crippen LogP contribution < -0.4 is 9.47 Å². The predicted octanol–water partition coefficient (Wildman–Crippen LogP) is 4.81. The molecular weight excluding hydrogens is 348 g/mol. The maximum Gasteiger partial charge on any atom is 0.122 e. The number of methoxy groups -OCH3 is 2. The van der Waals surface area contributed by atoms with E-state index in [1.807, 2.05) is 6.07 Å². The molecule has 1 aliphatic rings. The Morgan fingerprint density at radius 3 is 2.43 bits per heavy atom. The van der Waals surface area contributed by atoms with E-state index in [1.54, 1.807) is 14.2 Å². The molecule has 3 aromatic rings. The summed E-state index contributed by atoms with van der Waals surface area (Å²) in [5.74, 6) is 1.65. The molecule has 4 heteroatoms. The zero-order valence-electron chi connectivity index (χ0n) is 16.9. The minimum absolute atomic E-state index is 0.155. The van der Waals surface area contributed by atoms with Crippen molar-refractivity contribution in [3.8, 4) is 11.5 Å². The molecule has 0 fully saturated rings. The number of fused-ring (bicyclic) bond motifs is 1. The summed E-state index contributed by atoms with van der Waals surface area (Å²) >= 11 is 0. The van der Waals surface area contributed by atoms with Crippen LogP contribution in [0.3, 0.4) is 0 Å². The van der Waals surface area contributed by atoms with Gasteiger partial charge in [-0.15, -0.1) is 0 Å². The van der Waals surface area contributed by atoms with Crippen molar-refractivity contribution in [3.05, 3.63) is 83.2 Å². The molecule has 4 nitrogen and oxygen atoms in total. The molecule has 2 heterocycles. The number of aryl methyl sites for hydroxylation is 2. The highest BCUT2D eigenvalue weighted by Crippen LogP contribution is 2.36. The van der Waals surface area contributed by atoms with E-state index in [0.717, 1.165) is 37.6 Å². The molecule has 1 aromatic heterocycles. The van der Waals surface area contributed by atoms with E-state index in [9.17, 15) is 0 Å². The van der Waals surface area contributed by atoms with Gasteiger partial charge >= 0.3 is 0 Å². The number of aromatic nitrogens is 1. The Morgan fingerprint density at radius 1 is 0.929 bits per heavy atom. The van der Waals surface area contributed by atoms with Crippen molar-refractivity contribution in [1.29, 1.82) is 0 Å². The first-order chi connectivity index (χ1) is 13.7. The second-order valence-electron chi connectivity index (χ2n) is 7.49. The van der Waals surface area contributed by atoms with Gasteiger partial charge in [0.25, 0.3) is 0 Å². The highest BCUT2D eigenvalue weighted by Gasteiger charge is 2.28. The Morgan fingerprint density at radius 2 is 1.71 bits per heavy atom. The number of nitrogens with zero attached hydrogens (tertiary/aromatic N) is 2. The van der Waals surface area contributed by atoms with E-state index in [2.05, 4.69) is 71.1 Å². The topological polar surface area (TPSA) is 26.6 Å². The van der Waals surface area contributed by atoms with Gasteiger partial charge in [0.05, 0.1) is 20.3 Å². The van der Waals surface area contributed by atoms with E-state index in [0.29, 0.717) is 0 Å². The van der Waals surface area contributed by atoms with Gasteiger partial charge in [0.2, 0.25) is 0 Å². The van der Waals surface area contributed by atoms with Gasteiger partial charge in [-0.05, 0) is 48.7 Å². The monoisotopic (exact) mass is 376 g/mol. The first-order valence-electron chi connectivity index (χ1n) is 9.85. The highest BCUT2D eigenvalue weighted by molar-refractivity contribution is 5.42. The van der Waals surface area contributed by atoms with Crippen LogP contribution in [0.25, 0.3) is 0 Å². The van der Waals surface area contributed by atoms with Gasteiger partial charge in [0.1, 0.15) is 11.5 Å². The molecule has 4 rings (SSSR count). The zero-order chi connectivity index (χ0) is 19.5. The van der Waals surface area contributed by atoms with Crippen LogP contribution in [0.2, 0.25) is 0 Å². The summed E-state index contributed by atoms with van der Waals surface area (Å²) in [5, 5.41) is 0. The van der Waals surface area contributed by atoms with E-state index in [1.165, 1.54) is 22.4 Å². The second-order valence-corrected chi connectivity index (χ2v) is 7.49. The highest BCUT2D eigenvalue weighted by atomic mass is 16.5. The summed E-state index contributed by atoms with van der Waals surface area (Å²) in [7, 11) is 3.41. The number of benzene rings is 2. The SMILES string of the molecule is COc1cc(OC)cc(C2c3cccn3CCCN2Cc2cccc(C)c2)c1. The molecule has 2 aromatic carbocycles. The quantitative estimate of drug-likeness (QED) is 0.639. The van der Waals surface area contributed by atoms with Crippen molar-refractivity contribution < 1.29 is 9.47 Å². The number of hydrogen-bond donors (Lipinski definition) is 0. The molecule has 0 amide bonds. The van der Waals surface area contributed by atoms with Crippen LogP contribution in [0.1, 0.15) is 34.8 Å². The fraction of sp³-hybridized carbons (Fsp3) is 0.333. The van der Waals surface area contributed by atoms with Crippen LogP contribution in [0, 0.1) is 6.92 Å². The summed E-state index contributed by atoms with van der Waals surface area (Å²) < 4.78 is 13.5. The van der Waals surface area contributed by atoms with E-state index in [-0.39, 0.29) is 6.04 Å². The lowest BCUT2D eigenvalue weighted by molar-refractivity contribution is 0.219. The van der Waals surface area contributed by atoms with Crippen LogP contribution in [-0.2, 0) is 13.1 Å². The molecule has 0 N–H and O–H groups in total. The molecule has 0 spiro atoms. The van der Waals surface area contributed by atoms with Crippen LogP contribution in [0.15, 0.2) is 60.8 Å². The molecule has 1 atom stereocenters. The van der Waals surface area contributed by atoms with Crippen molar-refractivity contribution in [2.75, 3.05) is 20.8 Å². The Hall–Kier alpha value is -2.72. The standard InChI is InChI=1S/C24H28N2O2/c1-18-7-4-8-19(13-18)17-26-12-6-11-25-10-5-9-23(25)24(26)20-14-21(27-2)16-22(15-20)28-3/h4-5,7-10,13-16,24H,6,11-12,17H2,1-3H3. The minimum atomic E-state index is 0.155. The largest absolute Gasteiger partial charge is 0.497 e. The van der Waals surface area contributed by atoms with Gasteiger partial charge in [-0.3, -0.25) is 4.90 Å². The first kappa shape index (κ1) is 18.6. The predicted molar refractivity (Wildman–Crippen MR) is 112 cm³/mol. The van der Waals surface area contributed by atoms with Gasteiger partial charge in [-0.1, -0.05) is 29.8 Å². The average Bonchev–Trinajstić information content (AvgIpc) is 3.09. The van der Waals surface area contributed by atoms with Crippen LogP contribution in [-0.4, -0.2) is 30.2 Å². The molecule has 0 radical (unpaired) electrons. The van der Waals surface area contributed by atoms with Gasteiger partial charge in [-0.2, -0.15) is 0 Å². The second kappa shape index (κ2) is 8.11. The third-order valence-corrected chi connectivity index (χ3v) is 5.51. The zero-order valence-corrected chi connectivity index (χ0v) is 16.9. The lowest BCUT2D eigenvalue weighted by atomic mass is 10.00. The van der Waals surface area contributed by atoms with Crippen LogP contribution >= 0.6 is 0 Å². The lowest BCUT2D eigenvalue weighted by Gasteiger charge is -2.31. The van der Waals surface area contributed by atoms with Crippen LogP contribution in [0.5, 0.6) is 11.5 Å². The van der Waals surface area contributed by atoms with E-state index >= 15 is 0 Å². The Balaban J connectivity index is 1.79. The third-order valence-electron chi connectivity index (χ3n) is 5.51. The maximum absolute atomic E-state index is 5.55. The van der Waals surface area contributed by atoms with E-state index in [4.69, 9.17) is 9.47 Å². The fourth-order valence-electron chi connectivity index (χ4n) is 4.22. The molecule has 28 heavy (non-hydrogen) atoms. The molecule has 0 bridgehead atoms. The summed E-state index contributed by atoms with van der Waals surface area (Å²) in [4.78, 5) is 2.57. The molecular formula is C24H28N2O2. The number of hydrogen-bond acceptors (Lipinski definition) is 3. The Labute approximate surface area is 167 Å². The third kappa shape index (κ3) is 3.78. The van der Waals surface area contributed by atoms with Gasteiger partial charge in [0.15, 0.2) is 0 Å². The lowest BCUT2D eigenvalue weighted by Crippen LogP contribution is -2.29. The summed E-state index contributed by atoms with van der Waals surface area (Å²) in [6, 6.07) is 19.6.